The Hall–Kier alpha value is -2.69. The molecule has 3 heterocycles. The number of pyridine rings is 2. The van der Waals surface area contributed by atoms with E-state index in [1.807, 2.05) is 42.0 Å². The summed E-state index contributed by atoms with van der Waals surface area (Å²) in [5.74, 6) is 0.493. The Balaban J connectivity index is 2.10. The van der Waals surface area contributed by atoms with Crippen molar-refractivity contribution in [2.75, 3.05) is 5.73 Å². The average Bonchev–Trinajstić information content (AvgIpc) is 2.89. The molecule has 0 aliphatic heterocycles. The van der Waals surface area contributed by atoms with Crippen molar-refractivity contribution >= 4 is 5.82 Å². The van der Waals surface area contributed by atoms with Crippen molar-refractivity contribution in [1.82, 2.24) is 19.5 Å². The first kappa shape index (κ1) is 11.4. The molecule has 0 saturated heterocycles. The average molecular weight is 251 g/mol. The largest absolute Gasteiger partial charge is 0.384 e. The Kier molecular flexibility index (Phi) is 2.72. The molecule has 94 valence electrons. The third kappa shape index (κ3) is 2.18. The minimum absolute atomic E-state index is 0.493. The van der Waals surface area contributed by atoms with E-state index in [0.717, 1.165) is 22.6 Å². The number of anilines is 1. The summed E-state index contributed by atoms with van der Waals surface area (Å²) >= 11 is 0. The minimum Gasteiger partial charge on any atom is -0.384 e. The van der Waals surface area contributed by atoms with Crippen LogP contribution in [0.25, 0.3) is 16.9 Å². The van der Waals surface area contributed by atoms with Gasteiger partial charge in [-0.2, -0.15) is 0 Å². The Morgan fingerprint density at radius 3 is 2.74 bits per heavy atom. The lowest BCUT2D eigenvalue weighted by Gasteiger charge is -2.08. The molecule has 0 bridgehead atoms. The number of hydrogen-bond acceptors (Lipinski definition) is 4. The van der Waals surface area contributed by atoms with E-state index >= 15 is 0 Å². The number of nitrogens with zero attached hydrogens (tertiary/aromatic N) is 4. The molecule has 19 heavy (non-hydrogen) atoms. The van der Waals surface area contributed by atoms with Crippen LogP contribution in [0.5, 0.6) is 0 Å². The quantitative estimate of drug-likeness (QED) is 0.758. The molecule has 0 fully saturated rings. The van der Waals surface area contributed by atoms with Crippen LogP contribution >= 0.6 is 0 Å². The molecule has 3 rings (SSSR count). The summed E-state index contributed by atoms with van der Waals surface area (Å²) in [6.45, 7) is 1.96. The number of aromatic nitrogens is 4. The molecular formula is C14H13N5. The molecule has 0 saturated carbocycles. The van der Waals surface area contributed by atoms with Crippen molar-refractivity contribution in [1.29, 1.82) is 0 Å². The lowest BCUT2D eigenvalue weighted by Crippen LogP contribution is -1.97. The SMILES string of the molecule is Cc1ccc(-n2cncc2-c2ccnc(N)c2)cn1. The van der Waals surface area contributed by atoms with Crippen LogP contribution in [-0.2, 0) is 0 Å². The molecule has 0 aliphatic rings. The van der Waals surface area contributed by atoms with Gasteiger partial charge in [-0.15, -0.1) is 0 Å². The first-order valence-electron chi connectivity index (χ1n) is 5.91. The van der Waals surface area contributed by atoms with E-state index in [2.05, 4.69) is 15.0 Å². The molecule has 2 N–H and O–H groups in total. The van der Waals surface area contributed by atoms with Crippen LogP contribution in [0.3, 0.4) is 0 Å². The summed E-state index contributed by atoms with van der Waals surface area (Å²) in [6.07, 6.45) is 7.08. The summed E-state index contributed by atoms with van der Waals surface area (Å²) in [5, 5.41) is 0. The van der Waals surface area contributed by atoms with E-state index < -0.39 is 0 Å². The van der Waals surface area contributed by atoms with E-state index in [-0.39, 0.29) is 0 Å². The van der Waals surface area contributed by atoms with Gasteiger partial charge in [-0.25, -0.2) is 9.97 Å². The summed E-state index contributed by atoms with van der Waals surface area (Å²) in [5.41, 5.74) is 9.61. The predicted molar refractivity (Wildman–Crippen MR) is 73.7 cm³/mol. The van der Waals surface area contributed by atoms with Gasteiger partial charge in [0.2, 0.25) is 0 Å². The highest BCUT2D eigenvalue weighted by atomic mass is 15.1. The maximum absolute atomic E-state index is 5.72. The number of rotatable bonds is 2. The zero-order valence-corrected chi connectivity index (χ0v) is 10.5. The van der Waals surface area contributed by atoms with Crippen molar-refractivity contribution < 1.29 is 0 Å². The van der Waals surface area contributed by atoms with Crippen LogP contribution in [0.2, 0.25) is 0 Å². The van der Waals surface area contributed by atoms with E-state index in [9.17, 15) is 0 Å². The number of aryl methyl sites for hydroxylation is 1. The molecular weight excluding hydrogens is 238 g/mol. The molecule has 0 spiro atoms. The fourth-order valence-corrected chi connectivity index (χ4v) is 1.92. The van der Waals surface area contributed by atoms with Gasteiger partial charge in [0.25, 0.3) is 0 Å². The number of imidazole rings is 1. The van der Waals surface area contributed by atoms with Crippen LogP contribution < -0.4 is 5.73 Å². The van der Waals surface area contributed by atoms with Gasteiger partial charge in [-0.05, 0) is 31.2 Å². The Morgan fingerprint density at radius 2 is 2.00 bits per heavy atom. The van der Waals surface area contributed by atoms with E-state index in [1.165, 1.54) is 0 Å². The van der Waals surface area contributed by atoms with Crippen LogP contribution in [0.1, 0.15) is 5.69 Å². The second-order valence-electron chi connectivity index (χ2n) is 4.28. The maximum atomic E-state index is 5.72. The van der Waals surface area contributed by atoms with Gasteiger partial charge in [-0.1, -0.05) is 0 Å². The molecule has 3 aromatic rings. The van der Waals surface area contributed by atoms with E-state index in [4.69, 9.17) is 5.73 Å². The predicted octanol–water partition coefficient (Wildman–Crippen LogP) is 2.22. The molecule has 0 atom stereocenters. The van der Waals surface area contributed by atoms with Gasteiger partial charge < -0.3 is 5.73 Å². The Labute approximate surface area is 110 Å². The molecule has 0 amide bonds. The molecule has 0 aromatic carbocycles. The number of nitrogens with two attached hydrogens (primary N) is 1. The van der Waals surface area contributed by atoms with Crippen molar-refractivity contribution in [3.63, 3.8) is 0 Å². The Bertz CT molecular complexity index is 700. The van der Waals surface area contributed by atoms with Crippen LogP contribution in [-0.4, -0.2) is 19.5 Å². The Morgan fingerprint density at radius 1 is 1.11 bits per heavy atom. The van der Waals surface area contributed by atoms with Crippen molar-refractivity contribution in [3.8, 4) is 16.9 Å². The highest BCUT2D eigenvalue weighted by Crippen LogP contribution is 2.23. The molecule has 0 radical (unpaired) electrons. The van der Waals surface area contributed by atoms with Gasteiger partial charge in [0.05, 0.1) is 30.1 Å². The highest BCUT2D eigenvalue weighted by molar-refractivity contribution is 5.64. The van der Waals surface area contributed by atoms with Crippen molar-refractivity contribution in [2.45, 2.75) is 6.92 Å². The van der Waals surface area contributed by atoms with Crippen LogP contribution in [0.4, 0.5) is 5.82 Å². The van der Waals surface area contributed by atoms with Gasteiger partial charge in [-0.3, -0.25) is 9.55 Å². The second kappa shape index (κ2) is 4.53. The van der Waals surface area contributed by atoms with E-state index in [1.54, 1.807) is 18.7 Å². The summed E-state index contributed by atoms with van der Waals surface area (Å²) in [6, 6.07) is 7.72. The summed E-state index contributed by atoms with van der Waals surface area (Å²) < 4.78 is 1.97. The molecule has 5 heteroatoms. The highest BCUT2D eigenvalue weighted by Gasteiger charge is 2.07. The van der Waals surface area contributed by atoms with E-state index in [0.29, 0.717) is 5.82 Å². The summed E-state index contributed by atoms with van der Waals surface area (Å²) in [4.78, 5) is 12.5. The zero-order valence-electron chi connectivity index (χ0n) is 10.5. The smallest absolute Gasteiger partial charge is 0.123 e. The zero-order chi connectivity index (χ0) is 13.2. The van der Waals surface area contributed by atoms with Crippen molar-refractivity contribution in [2.24, 2.45) is 0 Å². The third-order valence-corrected chi connectivity index (χ3v) is 2.89. The number of hydrogen-bond donors (Lipinski definition) is 1. The fourth-order valence-electron chi connectivity index (χ4n) is 1.92. The van der Waals surface area contributed by atoms with Gasteiger partial charge >= 0.3 is 0 Å². The first-order valence-corrected chi connectivity index (χ1v) is 5.91. The first-order chi connectivity index (χ1) is 9.24. The topological polar surface area (TPSA) is 69.6 Å². The fraction of sp³-hybridized carbons (Fsp3) is 0.0714. The minimum atomic E-state index is 0.493. The van der Waals surface area contributed by atoms with Crippen molar-refractivity contribution in [3.05, 3.63) is 54.9 Å². The monoisotopic (exact) mass is 251 g/mol. The van der Waals surface area contributed by atoms with Crippen LogP contribution in [0, 0.1) is 6.92 Å². The lowest BCUT2D eigenvalue weighted by molar-refractivity contribution is 1.03. The molecule has 5 nitrogen and oxygen atoms in total. The second-order valence-corrected chi connectivity index (χ2v) is 4.28. The van der Waals surface area contributed by atoms with Crippen LogP contribution in [0.15, 0.2) is 49.2 Å². The third-order valence-electron chi connectivity index (χ3n) is 2.89. The molecule has 3 aromatic heterocycles. The van der Waals surface area contributed by atoms with Gasteiger partial charge in [0, 0.05) is 17.5 Å². The molecule has 0 aliphatic carbocycles. The van der Waals surface area contributed by atoms with Gasteiger partial charge in [0.1, 0.15) is 5.82 Å². The maximum Gasteiger partial charge on any atom is 0.123 e. The van der Waals surface area contributed by atoms with Gasteiger partial charge in [0.15, 0.2) is 0 Å². The lowest BCUT2D eigenvalue weighted by atomic mass is 10.2. The standard InChI is InChI=1S/C14H13N5/c1-10-2-3-12(7-18-10)19-9-16-8-13(19)11-4-5-17-14(15)6-11/h2-9H,1H3,(H2,15,17). The summed E-state index contributed by atoms with van der Waals surface area (Å²) in [7, 11) is 0. The normalized spacial score (nSPS) is 10.6. The molecule has 0 unspecified atom stereocenters. The number of nitrogen functional groups attached to an aromatic ring is 1.